The number of nitrogens with one attached hydrogen (secondary N) is 3. The third kappa shape index (κ3) is 7.11. The molecule has 1 unspecified atom stereocenters. The monoisotopic (exact) mass is 417 g/mol. The average Bonchev–Trinajstić information content (AvgIpc) is 2.63. The molecule has 4 amide bonds. The number of carbonyl (C=O) groups excluding carboxylic acids is 3. The average molecular weight is 418 g/mol. The van der Waals surface area contributed by atoms with Crippen molar-refractivity contribution in [2.75, 3.05) is 38.0 Å². The largest absolute Gasteiger partial charge is 0.333 e. The lowest BCUT2D eigenvalue weighted by Gasteiger charge is -2.37. The van der Waals surface area contributed by atoms with Gasteiger partial charge in [0.2, 0.25) is 11.8 Å². The summed E-state index contributed by atoms with van der Waals surface area (Å²) in [4.78, 5) is 40.9. The smallest absolute Gasteiger partial charge is 0.321 e. The quantitative estimate of drug-likeness (QED) is 0.680. The molecule has 0 aromatic heterocycles. The molecule has 1 aromatic carbocycles. The molecule has 8 nitrogen and oxygen atoms in total. The Kier molecular flexibility index (Phi) is 7.97. The van der Waals surface area contributed by atoms with Crippen LogP contribution in [0.1, 0.15) is 38.8 Å². The molecule has 8 heteroatoms. The fourth-order valence-corrected chi connectivity index (χ4v) is 3.46. The topological polar surface area (TPSA) is 93.8 Å². The van der Waals surface area contributed by atoms with Gasteiger partial charge in [0.1, 0.15) is 0 Å². The van der Waals surface area contributed by atoms with Crippen molar-refractivity contribution in [2.45, 2.75) is 53.1 Å². The highest BCUT2D eigenvalue weighted by molar-refractivity contribution is 5.97. The van der Waals surface area contributed by atoms with E-state index in [1.54, 1.807) is 6.92 Å². The molecule has 1 aromatic rings. The summed E-state index contributed by atoms with van der Waals surface area (Å²) < 4.78 is 0. The summed E-state index contributed by atoms with van der Waals surface area (Å²) in [5.74, 6) is -0.358. The molecule has 0 spiro atoms. The van der Waals surface area contributed by atoms with E-state index in [2.05, 4.69) is 20.9 Å². The van der Waals surface area contributed by atoms with Gasteiger partial charge in [-0.2, -0.15) is 0 Å². The third-order valence-electron chi connectivity index (χ3n) is 5.17. The summed E-state index contributed by atoms with van der Waals surface area (Å²) in [6.45, 7) is 14.3. The normalized spacial score (nSPS) is 16.6. The number of carbonyl (C=O) groups is 3. The van der Waals surface area contributed by atoms with Crippen molar-refractivity contribution in [3.05, 3.63) is 29.3 Å². The Morgan fingerprint density at radius 2 is 1.60 bits per heavy atom. The zero-order valence-corrected chi connectivity index (χ0v) is 19.0. The predicted octanol–water partition coefficient (Wildman–Crippen LogP) is 1.87. The number of rotatable bonds is 5. The van der Waals surface area contributed by atoms with Gasteiger partial charge >= 0.3 is 6.03 Å². The number of benzene rings is 1. The van der Waals surface area contributed by atoms with Gasteiger partial charge in [-0.25, -0.2) is 4.79 Å². The molecule has 0 saturated carbocycles. The molecule has 1 fully saturated rings. The SMILES string of the molecule is Cc1cccc(C)c1NC(=O)CN1CCN(C(C)C(=O)NC(=O)NC(C)(C)C)CC1. The van der Waals surface area contributed by atoms with Crippen molar-refractivity contribution in [1.29, 1.82) is 0 Å². The lowest BCUT2D eigenvalue weighted by molar-refractivity contribution is -0.126. The van der Waals surface area contributed by atoms with Gasteiger partial charge in [-0.05, 0) is 52.7 Å². The first kappa shape index (κ1) is 23.8. The van der Waals surface area contributed by atoms with Crippen LogP contribution in [0.5, 0.6) is 0 Å². The summed E-state index contributed by atoms with van der Waals surface area (Å²) in [6, 6.07) is 5.04. The highest BCUT2D eigenvalue weighted by atomic mass is 16.2. The molecule has 166 valence electrons. The summed E-state index contributed by atoms with van der Waals surface area (Å²) >= 11 is 0. The van der Waals surface area contributed by atoms with E-state index in [0.29, 0.717) is 32.7 Å². The van der Waals surface area contributed by atoms with Crippen LogP contribution >= 0.6 is 0 Å². The Labute approximate surface area is 179 Å². The Balaban J connectivity index is 1.79. The third-order valence-corrected chi connectivity index (χ3v) is 5.17. The maximum Gasteiger partial charge on any atom is 0.321 e. The van der Waals surface area contributed by atoms with E-state index in [-0.39, 0.29) is 11.8 Å². The second kappa shape index (κ2) is 10.0. The minimum absolute atomic E-state index is 0.0366. The number of piperazine rings is 1. The molecule has 1 aliphatic heterocycles. The number of anilines is 1. The lowest BCUT2D eigenvalue weighted by atomic mass is 10.1. The second-order valence-electron chi connectivity index (χ2n) is 9.00. The van der Waals surface area contributed by atoms with E-state index in [1.165, 1.54) is 0 Å². The summed E-state index contributed by atoms with van der Waals surface area (Å²) in [5.41, 5.74) is 2.56. The van der Waals surface area contributed by atoms with Crippen LogP contribution in [0.25, 0.3) is 0 Å². The van der Waals surface area contributed by atoms with Crippen molar-refractivity contribution >= 4 is 23.5 Å². The number of amides is 4. The van der Waals surface area contributed by atoms with Gasteiger partial charge in [0.05, 0.1) is 12.6 Å². The minimum atomic E-state index is -0.485. The van der Waals surface area contributed by atoms with Crippen LogP contribution in [-0.2, 0) is 9.59 Å². The van der Waals surface area contributed by atoms with Crippen LogP contribution in [0.4, 0.5) is 10.5 Å². The van der Waals surface area contributed by atoms with E-state index in [9.17, 15) is 14.4 Å². The summed E-state index contributed by atoms with van der Waals surface area (Å²) in [6.07, 6.45) is 0. The lowest BCUT2D eigenvalue weighted by Crippen LogP contribution is -2.57. The van der Waals surface area contributed by atoms with Crippen LogP contribution in [-0.4, -0.2) is 71.9 Å². The predicted molar refractivity (Wildman–Crippen MR) is 118 cm³/mol. The maximum atomic E-state index is 12.5. The number of hydrogen-bond donors (Lipinski definition) is 3. The molecule has 0 aliphatic carbocycles. The van der Waals surface area contributed by atoms with Gasteiger partial charge in [0.25, 0.3) is 0 Å². The molecule has 3 N–H and O–H groups in total. The zero-order valence-electron chi connectivity index (χ0n) is 19.0. The van der Waals surface area contributed by atoms with E-state index >= 15 is 0 Å². The van der Waals surface area contributed by atoms with Crippen LogP contribution in [0.2, 0.25) is 0 Å². The molecule has 1 atom stereocenters. The van der Waals surface area contributed by atoms with Gasteiger partial charge in [0, 0.05) is 37.4 Å². The molecule has 1 heterocycles. The van der Waals surface area contributed by atoms with Crippen molar-refractivity contribution in [3.8, 4) is 0 Å². The molecule has 1 saturated heterocycles. The maximum absolute atomic E-state index is 12.5. The van der Waals surface area contributed by atoms with Gasteiger partial charge in [-0.1, -0.05) is 18.2 Å². The number of imide groups is 1. The highest BCUT2D eigenvalue weighted by Gasteiger charge is 2.28. The van der Waals surface area contributed by atoms with Gasteiger partial charge < -0.3 is 10.6 Å². The molecule has 30 heavy (non-hydrogen) atoms. The minimum Gasteiger partial charge on any atom is -0.333 e. The van der Waals surface area contributed by atoms with Crippen molar-refractivity contribution in [1.82, 2.24) is 20.4 Å². The Hall–Kier alpha value is -2.45. The Morgan fingerprint density at radius 1 is 1.03 bits per heavy atom. The number of nitrogens with zero attached hydrogens (tertiary/aromatic N) is 2. The molecular weight excluding hydrogens is 382 g/mol. The number of para-hydroxylation sites is 1. The Bertz CT molecular complexity index is 759. The molecule has 0 bridgehead atoms. The van der Waals surface area contributed by atoms with Crippen molar-refractivity contribution in [2.24, 2.45) is 0 Å². The van der Waals surface area contributed by atoms with Crippen LogP contribution in [0.3, 0.4) is 0 Å². The summed E-state index contributed by atoms with van der Waals surface area (Å²) in [5, 5.41) is 8.14. The van der Waals surface area contributed by atoms with E-state index in [1.807, 2.05) is 57.7 Å². The summed E-state index contributed by atoms with van der Waals surface area (Å²) in [7, 11) is 0. The highest BCUT2D eigenvalue weighted by Crippen LogP contribution is 2.19. The fourth-order valence-electron chi connectivity index (χ4n) is 3.46. The fraction of sp³-hybridized carbons (Fsp3) is 0.591. The first-order valence-corrected chi connectivity index (χ1v) is 10.4. The molecule has 0 radical (unpaired) electrons. The van der Waals surface area contributed by atoms with Gasteiger partial charge in [0.15, 0.2) is 0 Å². The zero-order chi connectivity index (χ0) is 22.5. The molecular formula is C22H35N5O3. The van der Waals surface area contributed by atoms with Crippen LogP contribution < -0.4 is 16.0 Å². The van der Waals surface area contributed by atoms with Crippen LogP contribution in [0.15, 0.2) is 18.2 Å². The molecule has 2 rings (SSSR count). The van der Waals surface area contributed by atoms with Crippen LogP contribution in [0, 0.1) is 13.8 Å². The van der Waals surface area contributed by atoms with Crippen molar-refractivity contribution in [3.63, 3.8) is 0 Å². The number of aryl methyl sites for hydroxylation is 2. The standard InChI is InChI=1S/C22H35N5O3/c1-15-8-7-9-16(2)19(15)23-18(28)14-26-10-12-27(13-11-26)17(3)20(29)24-21(30)25-22(4,5)6/h7-9,17H,10-14H2,1-6H3,(H,23,28)(H2,24,25,29,30). The second-order valence-corrected chi connectivity index (χ2v) is 9.00. The van der Waals surface area contributed by atoms with Gasteiger partial charge in [-0.3, -0.25) is 24.7 Å². The van der Waals surface area contributed by atoms with E-state index in [0.717, 1.165) is 16.8 Å². The first-order valence-electron chi connectivity index (χ1n) is 10.4. The van der Waals surface area contributed by atoms with E-state index in [4.69, 9.17) is 0 Å². The van der Waals surface area contributed by atoms with Gasteiger partial charge in [-0.15, -0.1) is 0 Å². The Morgan fingerprint density at radius 3 is 2.13 bits per heavy atom. The van der Waals surface area contributed by atoms with Crippen molar-refractivity contribution < 1.29 is 14.4 Å². The van der Waals surface area contributed by atoms with E-state index < -0.39 is 17.6 Å². The first-order chi connectivity index (χ1) is 14.0. The molecule has 1 aliphatic rings. The number of hydrogen-bond acceptors (Lipinski definition) is 5. The number of urea groups is 1.